The molecule has 0 radical (unpaired) electrons. The molecule has 0 aromatic rings. The highest BCUT2D eigenvalue weighted by Crippen LogP contribution is 2.04. The smallest absolute Gasteiger partial charge is 0.236 e. The fourth-order valence-electron chi connectivity index (χ4n) is 1.68. The summed E-state index contributed by atoms with van der Waals surface area (Å²) in [6.45, 7) is 8.25. The molecule has 2 unspecified atom stereocenters. The Morgan fingerprint density at radius 1 is 1.28 bits per heavy atom. The lowest BCUT2D eigenvalue weighted by Gasteiger charge is -2.28. The highest BCUT2D eigenvalue weighted by atomic mass is 16.5. The lowest BCUT2D eigenvalue weighted by atomic mass is 10.0. The summed E-state index contributed by atoms with van der Waals surface area (Å²) in [6, 6.07) is 0.123. The molecule has 0 saturated heterocycles. The molecular formula is C13H29N3O2. The molecule has 0 aliphatic rings. The molecule has 0 saturated carbocycles. The molecule has 0 aliphatic heterocycles. The summed E-state index contributed by atoms with van der Waals surface area (Å²) in [4.78, 5) is 14.0. The standard InChI is InChI=1S/C13H29N3O2/c1-10(2)12(9-16(4)5)15-11(3)13(17)14-7-8-18-6/h10-12,15H,7-9H2,1-6H3,(H,14,17). The molecule has 1 amide bonds. The van der Waals surface area contributed by atoms with E-state index in [-0.39, 0.29) is 11.9 Å². The first-order chi connectivity index (χ1) is 8.38. The van der Waals surface area contributed by atoms with Gasteiger partial charge >= 0.3 is 0 Å². The summed E-state index contributed by atoms with van der Waals surface area (Å²) in [5, 5.41) is 6.22. The molecule has 0 bridgehead atoms. The van der Waals surface area contributed by atoms with Crippen molar-refractivity contribution in [3.05, 3.63) is 0 Å². The Morgan fingerprint density at radius 2 is 1.89 bits per heavy atom. The Bertz CT molecular complexity index is 232. The zero-order valence-corrected chi connectivity index (χ0v) is 12.6. The van der Waals surface area contributed by atoms with Gasteiger partial charge in [0, 0.05) is 26.2 Å². The topological polar surface area (TPSA) is 53.6 Å². The molecule has 18 heavy (non-hydrogen) atoms. The van der Waals surface area contributed by atoms with E-state index < -0.39 is 0 Å². The second-order valence-corrected chi connectivity index (χ2v) is 5.28. The van der Waals surface area contributed by atoms with Crippen molar-refractivity contribution < 1.29 is 9.53 Å². The third kappa shape index (κ3) is 7.63. The monoisotopic (exact) mass is 259 g/mol. The molecule has 0 fully saturated rings. The maximum absolute atomic E-state index is 11.8. The number of carbonyl (C=O) groups excluding carboxylic acids is 1. The summed E-state index contributed by atoms with van der Waals surface area (Å²) < 4.78 is 4.90. The molecule has 108 valence electrons. The van der Waals surface area contributed by atoms with Crippen LogP contribution in [0.2, 0.25) is 0 Å². The maximum Gasteiger partial charge on any atom is 0.236 e. The predicted octanol–water partition coefficient (Wildman–Crippen LogP) is 0.313. The molecule has 2 atom stereocenters. The number of nitrogens with zero attached hydrogens (tertiary/aromatic N) is 1. The molecule has 2 N–H and O–H groups in total. The zero-order chi connectivity index (χ0) is 14.1. The van der Waals surface area contributed by atoms with Gasteiger partial charge in [-0.05, 0) is 26.9 Å². The van der Waals surface area contributed by atoms with Crippen molar-refractivity contribution in [2.45, 2.75) is 32.9 Å². The second kappa shape index (κ2) is 9.30. The van der Waals surface area contributed by atoms with Crippen LogP contribution in [0.25, 0.3) is 0 Å². The van der Waals surface area contributed by atoms with E-state index in [0.717, 1.165) is 6.54 Å². The van der Waals surface area contributed by atoms with E-state index in [4.69, 9.17) is 4.74 Å². The number of carbonyl (C=O) groups is 1. The van der Waals surface area contributed by atoms with Crippen molar-refractivity contribution in [2.24, 2.45) is 5.92 Å². The number of ether oxygens (including phenoxy) is 1. The fraction of sp³-hybridized carbons (Fsp3) is 0.923. The lowest BCUT2D eigenvalue weighted by molar-refractivity contribution is -0.123. The maximum atomic E-state index is 11.8. The van der Waals surface area contributed by atoms with E-state index in [2.05, 4.69) is 29.4 Å². The first-order valence-corrected chi connectivity index (χ1v) is 6.55. The van der Waals surface area contributed by atoms with Crippen LogP contribution in [-0.4, -0.2) is 63.8 Å². The van der Waals surface area contributed by atoms with Crippen molar-refractivity contribution in [2.75, 3.05) is 40.9 Å². The minimum atomic E-state index is -0.186. The van der Waals surface area contributed by atoms with E-state index in [1.54, 1.807) is 7.11 Å². The highest BCUT2D eigenvalue weighted by molar-refractivity contribution is 5.81. The van der Waals surface area contributed by atoms with Crippen LogP contribution in [0.4, 0.5) is 0 Å². The van der Waals surface area contributed by atoms with Crippen LogP contribution in [0.3, 0.4) is 0 Å². The Balaban J connectivity index is 4.14. The Hall–Kier alpha value is -0.650. The number of methoxy groups -OCH3 is 1. The van der Waals surface area contributed by atoms with Gasteiger partial charge in [-0.2, -0.15) is 0 Å². The molecule has 0 rings (SSSR count). The van der Waals surface area contributed by atoms with Crippen LogP contribution in [0, 0.1) is 5.92 Å². The first-order valence-electron chi connectivity index (χ1n) is 6.55. The van der Waals surface area contributed by atoms with Gasteiger partial charge in [-0.25, -0.2) is 0 Å². The summed E-state index contributed by atoms with van der Waals surface area (Å²) in [5.74, 6) is 0.512. The van der Waals surface area contributed by atoms with Gasteiger partial charge in [0.2, 0.25) is 5.91 Å². The van der Waals surface area contributed by atoms with Crippen LogP contribution in [0.5, 0.6) is 0 Å². The highest BCUT2D eigenvalue weighted by Gasteiger charge is 2.20. The zero-order valence-electron chi connectivity index (χ0n) is 12.6. The second-order valence-electron chi connectivity index (χ2n) is 5.28. The minimum Gasteiger partial charge on any atom is -0.383 e. The van der Waals surface area contributed by atoms with Crippen molar-refractivity contribution in [1.82, 2.24) is 15.5 Å². The Labute approximate surface area is 111 Å². The summed E-state index contributed by atoms with van der Waals surface area (Å²) >= 11 is 0. The van der Waals surface area contributed by atoms with Gasteiger partial charge in [-0.1, -0.05) is 13.8 Å². The normalized spacial score (nSPS) is 14.9. The molecule has 0 spiro atoms. The van der Waals surface area contributed by atoms with E-state index in [1.807, 2.05) is 21.0 Å². The molecular weight excluding hydrogens is 230 g/mol. The van der Waals surface area contributed by atoms with Gasteiger partial charge in [0.25, 0.3) is 0 Å². The van der Waals surface area contributed by atoms with Gasteiger partial charge in [0.05, 0.1) is 12.6 Å². The molecule has 5 heteroatoms. The largest absolute Gasteiger partial charge is 0.383 e. The van der Waals surface area contributed by atoms with Crippen LogP contribution in [-0.2, 0) is 9.53 Å². The molecule has 0 heterocycles. The SMILES string of the molecule is COCCNC(=O)C(C)NC(CN(C)C)C(C)C. The van der Waals surface area contributed by atoms with Gasteiger partial charge in [-0.15, -0.1) is 0 Å². The number of hydrogen-bond acceptors (Lipinski definition) is 4. The van der Waals surface area contributed by atoms with Gasteiger partial charge in [0.15, 0.2) is 0 Å². The van der Waals surface area contributed by atoms with Crippen LogP contribution < -0.4 is 10.6 Å². The average Bonchev–Trinajstić information content (AvgIpc) is 2.27. The number of rotatable bonds is 9. The third-order valence-corrected chi connectivity index (χ3v) is 2.83. The quantitative estimate of drug-likeness (QED) is 0.585. The van der Waals surface area contributed by atoms with Crippen molar-refractivity contribution in [3.8, 4) is 0 Å². The Morgan fingerprint density at radius 3 is 2.33 bits per heavy atom. The third-order valence-electron chi connectivity index (χ3n) is 2.83. The summed E-state index contributed by atoms with van der Waals surface area (Å²) in [5.41, 5.74) is 0. The molecule has 0 aromatic heterocycles. The predicted molar refractivity (Wildman–Crippen MR) is 74.7 cm³/mol. The van der Waals surface area contributed by atoms with Crippen molar-refractivity contribution >= 4 is 5.91 Å². The molecule has 5 nitrogen and oxygen atoms in total. The summed E-state index contributed by atoms with van der Waals surface area (Å²) in [6.07, 6.45) is 0. The lowest BCUT2D eigenvalue weighted by Crippen LogP contribution is -2.51. The number of amides is 1. The van der Waals surface area contributed by atoms with Gasteiger partial charge in [0.1, 0.15) is 0 Å². The van der Waals surface area contributed by atoms with Gasteiger partial charge < -0.3 is 20.3 Å². The van der Waals surface area contributed by atoms with E-state index in [1.165, 1.54) is 0 Å². The number of hydrogen-bond donors (Lipinski definition) is 2. The van der Waals surface area contributed by atoms with Crippen molar-refractivity contribution in [1.29, 1.82) is 0 Å². The summed E-state index contributed by atoms with van der Waals surface area (Å²) in [7, 11) is 5.71. The minimum absolute atomic E-state index is 0.0245. The van der Waals surface area contributed by atoms with Gasteiger partial charge in [-0.3, -0.25) is 4.79 Å². The molecule has 0 aromatic carbocycles. The van der Waals surface area contributed by atoms with Crippen molar-refractivity contribution in [3.63, 3.8) is 0 Å². The fourth-order valence-corrected chi connectivity index (χ4v) is 1.68. The average molecular weight is 259 g/mol. The van der Waals surface area contributed by atoms with Crippen LogP contribution in [0.15, 0.2) is 0 Å². The number of nitrogens with one attached hydrogen (secondary N) is 2. The molecule has 0 aliphatic carbocycles. The van der Waals surface area contributed by atoms with E-state index in [0.29, 0.717) is 25.1 Å². The first kappa shape index (κ1) is 17.4. The van der Waals surface area contributed by atoms with Crippen LogP contribution in [0.1, 0.15) is 20.8 Å². The number of likely N-dealkylation sites (N-methyl/N-ethyl adjacent to an activating group) is 1. The van der Waals surface area contributed by atoms with E-state index in [9.17, 15) is 4.79 Å². The van der Waals surface area contributed by atoms with E-state index >= 15 is 0 Å². The Kier molecular flexibility index (Phi) is 8.97. The van der Waals surface area contributed by atoms with Crippen LogP contribution >= 0.6 is 0 Å².